The summed E-state index contributed by atoms with van der Waals surface area (Å²) < 4.78 is 0. The van der Waals surface area contributed by atoms with E-state index in [0.717, 1.165) is 12.3 Å². The van der Waals surface area contributed by atoms with Gasteiger partial charge in [-0.15, -0.1) is 0 Å². The van der Waals surface area contributed by atoms with E-state index in [1.54, 1.807) is 0 Å². The van der Waals surface area contributed by atoms with Gasteiger partial charge in [0.05, 0.1) is 0 Å². The Morgan fingerprint density at radius 2 is 2.00 bits per heavy atom. The predicted octanol–water partition coefficient (Wildman–Crippen LogP) is 0.981. The van der Waals surface area contributed by atoms with Gasteiger partial charge in [-0.1, -0.05) is 13.5 Å². The molecule has 0 aromatic rings. The molecule has 0 saturated heterocycles. The van der Waals surface area contributed by atoms with Crippen molar-refractivity contribution in [2.24, 2.45) is 0 Å². The summed E-state index contributed by atoms with van der Waals surface area (Å²) in [4.78, 5) is 0. The van der Waals surface area contributed by atoms with Gasteiger partial charge in [0.1, 0.15) is 0 Å². The van der Waals surface area contributed by atoms with Gasteiger partial charge in [0.15, 0.2) is 0 Å². The molecule has 0 aromatic heterocycles. The van der Waals surface area contributed by atoms with Crippen molar-refractivity contribution in [3.8, 4) is 0 Å². The first kappa shape index (κ1) is 10.6. The molecule has 7 heavy (non-hydrogen) atoms. The second kappa shape index (κ2) is 6.62. The van der Waals surface area contributed by atoms with E-state index in [1.165, 1.54) is 0 Å². The number of hydrogen-bond acceptors (Lipinski definition) is 1. The van der Waals surface area contributed by atoms with Crippen molar-refractivity contribution < 1.29 is 25.5 Å². The number of aliphatic hydroxyl groups is 1. The van der Waals surface area contributed by atoms with Crippen LogP contribution in [0, 0.1) is 5.92 Å². The van der Waals surface area contributed by atoms with E-state index in [2.05, 4.69) is 0 Å². The maximum Gasteiger partial charge on any atom is 0 e. The van der Waals surface area contributed by atoms with Crippen LogP contribution in [0.15, 0.2) is 0 Å². The Balaban J connectivity index is 0. The topological polar surface area (TPSA) is 20.2 Å². The molecule has 1 nitrogen and oxygen atoms in total. The summed E-state index contributed by atoms with van der Waals surface area (Å²) in [5, 5.41) is 8.30. The summed E-state index contributed by atoms with van der Waals surface area (Å²) in [6, 6.07) is 0. The Morgan fingerprint density at radius 3 is 2.00 bits per heavy atom. The van der Waals surface area contributed by atoms with E-state index in [0.29, 0.717) is 0 Å². The van der Waals surface area contributed by atoms with Crippen molar-refractivity contribution in [2.45, 2.75) is 20.3 Å². The van der Waals surface area contributed by atoms with Crippen LogP contribution in [-0.4, -0.2) is 11.7 Å². The zero-order valence-corrected chi connectivity index (χ0v) is 7.46. The van der Waals surface area contributed by atoms with Crippen LogP contribution in [-0.2, 0) is 20.4 Å². The third-order valence-corrected chi connectivity index (χ3v) is 0.873. The average molecular weight is 273 g/mol. The quantitative estimate of drug-likeness (QED) is 0.744. The minimum Gasteiger partial charge on any atom is -0.428 e. The Bertz CT molecular complexity index is 27.3. The Morgan fingerprint density at radius 1 is 1.57 bits per heavy atom. The molecule has 0 aliphatic carbocycles. The number of hydrogen-bond donors (Lipinski definition) is 1. The smallest absolute Gasteiger partial charge is 0 e. The fraction of sp³-hybridized carbons (Fsp3) is 0.800. The molecule has 1 radical (unpaired) electrons. The summed E-state index contributed by atoms with van der Waals surface area (Å²) in [5.41, 5.74) is 0. The number of rotatable bonds is 2. The predicted molar refractivity (Wildman–Crippen MR) is 26.3 cm³/mol. The van der Waals surface area contributed by atoms with Crippen molar-refractivity contribution in [3.63, 3.8) is 0 Å². The van der Waals surface area contributed by atoms with Crippen LogP contribution in [0.5, 0.6) is 0 Å². The standard InChI is InChI=1S/C5H11O.Re/c1-3-5(2)4-6;/h6H,3-4H2,1-2H3;/q-1;. The van der Waals surface area contributed by atoms with Gasteiger partial charge in [0.2, 0.25) is 0 Å². The van der Waals surface area contributed by atoms with Crippen LogP contribution in [0.1, 0.15) is 20.3 Å². The van der Waals surface area contributed by atoms with Gasteiger partial charge in [-0.3, -0.25) is 5.92 Å². The van der Waals surface area contributed by atoms with Gasteiger partial charge in [-0.2, -0.15) is 13.3 Å². The van der Waals surface area contributed by atoms with Gasteiger partial charge in [0, 0.05) is 20.4 Å². The summed E-state index contributed by atoms with van der Waals surface area (Å²) in [6.07, 6.45) is 0.997. The largest absolute Gasteiger partial charge is 0.428 e. The van der Waals surface area contributed by atoms with Crippen LogP contribution in [0.4, 0.5) is 0 Å². The molecule has 0 heterocycles. The van der Waals surface area contributed by atoms with E-state index in [-0.39, 0.29) is 27.0 Å². The van der Waals surface area contributed by atoms with E-state index in [1.807, 2.05) is 13.8 Å². The summed E-state index contributed by atoms with van der Waals surface area (Å²) in [7, 11) is 0. The molecule has 0 amide bonds. The van der Waals surface area contributed by atoms with Crippen molar-refractivity contribution in [1.82, 2.24) is 0 Å². The molecule has 0 aliphatic rings. The third-order valence-electron chi connectivity index (χ3n) is 0.873. The van der Waals surface area contributed by atoms with Gasteiger partial charge in [0.25, 0.3) is 0 Å². The summed E-state index contributed by atoms with van der Waals surface area (Å²) >= 11 is 0. The van der Waals surface area contributed by atoms with Gasteiger partial charge in [-0.05, 0) is 0 Å². The molecule has 0 aliphatic heterocycles. The van der Waals surface area contributed by atoms with Crippen LogP contribution in [0.25, 0.3) is 0 Å². The average Bonchev–Trinajstić information content (AvgIpc) is 1.65. The van der Waals surface area contributed by atoms with Gasteiger partial charge < -0.3 is 5.11 Å². The monoisotopic (exact) mass is 274 g/mol. The zero-order chi connectivity index (χ0) is 4.99. The third kappa shape index (κ3) is 6.62. The Hall–Kier alpha value is 0.622. The van der Waals surface area contributed by atoms with Crippen LogP contribution >= 0.6 is 0 Å². The zero-order valence-electron chi connectivity index (χ0n) is 4.74. The Kier molecular flexibility index (Phi) is 10.0. The molecular formula is C5H11ORe-. The molecule has 0 fully saturated rings. The second-order valence-corrected chi connectivity index (χ2v) is 1.47. The summed E-state index contributed by atoms with van der Waals surface area (Å²) in [6.45, 7) is 4.22. The van der Waals surface area contributed by atoms with Gasteiger partial charge in [-0.25, -0.2) is 0 Å². The maximum absolute atomic E-state index is 8.30. The van der Waals surface area contributed by atoms with Crippen LogP contribution in [0.2, 0.25) is 0 Å². The van der Waals surface area contributed by atoms with Crippen molar-refractivity contribution in [2.75, 3.05) is 6.61 Å². The SMILES string of the molecule is CC[C-](C)CO.[Re]. The minimum absolute atomic E-state index is 0. The molecule has 0 saturated carbocycles. The first-order valence-corrected chi connectivity index (χ1v) is 2.23. The van der Waals surface area contributed by atoms with Crippen molar-refractivity contribution in [3.05, 3.63) is 5.92 Å². The molecule has 0 unspecified atom stereocenters. The van der Waals surface area contributed by atoms with Crippen LogP contribution in [0.3, 0.4) is 0 Å². The maximum atomic E-state index is 8.30. The van der Waals surface area contributed by atoms with Crippen LogP contribution < -0.4 is 0 Å². The first-order valence-electron chi connectivity index (χ1n) is 2.23. The van der Waals surface area contributed by atoms with Crippen molar-refractivity contribution in [1.29, 1.82) is 0 Å². The number of aliphatic hydroxyl groups excluding tert-OH is 1. The van der Waals surface area contributed by atoms with E-state index >= 15 is 0 Å². The molecule has 0 aromatic carbocycles. The molecule has 1 N–H and O–H groups in total. The molecule has 0 atom stereocenters. The molecule has 45 valence electrons. The fourth-order valence-corrected chi connectivity index (χ4v) is 0.112. The molecule has 2 heteroatoms. The molecule has 0 rings (SSSR count). The second-order valence-electron chi connectivity index (χ2n) is 1.47. The van der Waals surface area contributed by atoms with E-state index < -0.39 is 0 Å². The van der Waals surface area contributed by atoms with Crippen molar-refractivity contribution >= 4 is 0 Å². The van der Waals surface area contributed by atoms with Gasteiger partial charge >= 0.3 is 0 Å². The molecule has 0 bridgehead atoms. The Labute approximate surface area is 58.8 Å². The normalized spacial score (nSPS) is 8.57. The van der Waals surface area contributed by atoms with E-state index in [4.69, 9.17) is 5.11 Å². The minimum atomic E-state index is 0. The summed E-state index contributed by atoms with van der Waals surface area (Å²) in [5.74, 6) is 1.15. The molecule has 0 spiro atoms. The fourth-order valence-electron chi connectivity index (χ4n) is 0.112. The van der Waals surface area contributed by atoms with E-state index in [9.17, 15) is 0 Å². The first-order chi connectivity index (χ1) is 2.81. The molecular weight excluding hydrogens is 262 g/mol.